The second-order valence-corrected chi connectivity index (χ2v) is 5.92. The molecule has 0 bridgehead atoms. The molecule has 4 aromatic rings. The molecule has 0 aliphatic carbocycles. The molecule has 11 heteroatoms. The van der Waals surface area contributed by atoms with Crippen LogP contribution in [0.1, 0.15) is 6.92 Å². The fraction of sp³-hybridized carbons (Fsp3) is 0.300. The number of imidazole rings is 2. The molecule has 0 aliphatic heterocycles. The highest BCUT2D eigenvalue weighted by Gasteiger charge is 2.07. The van der Waals surface area contributed by atoms with Crippen molar-refractivity contribution < 1.29 is 14.3 Å². The zero-order valence-electron chi connectivity index (χ0n) is 17.7. The van der Waals surface area contributed by atoms with Crippen molar-refractivity contribution in [2.75, 3.05) is 20.7 Å². The molecule has 0 saturated heterocycles. The average Bonchev–Trinajstić information content (AvgIpc) is 3.40. The zero-order chi connectivity index (χ0) is 22.6. The number of likely N-dealkylation sites (N-methyl/N-ethyl adjacent to an activating group) is 1. The van der Waals surface area contributed by atoms with Gasteiger partial charge in [-0.1, -0.05) is 0 Å². The van der Waals surface area contributed by atoms with Crippen LogP contribution in [0.4, 0.5) is 0 Å². The SMILES string of the molecule is CCOC(=O)Cn1cnc2ncccc21.CN.CNC(=O)Cn1cnc2ncccc21. The number of carbonyl (C=O) groups excluding carboxylic acids is 2. The molecule has 31 heavy (non-hydrogen) atoms. The van der Waals surface area contributed by atoms with Crippen LogP contribution >= 0.6 is 0 Å². The van der Waals surface area contributed by atoms with Crippen LogP contribution in [0.25, 0.3) is 22.3 Å². The van der Waals surface area contributed by atoms with Gasteiger partial charge < -0.3 is 24.9 Å². The first kappa shape index (κ1) is 23.4. The monoisotopic (exact) mass is 426 g/mol. The molecule has 0 saturated carbocycles. The quantitative estimate of drug-likeness (QED) is 0.445. The first-order valence-corrected chi connectivity index (χ1v) is 9.58. The van der Waals surface area contributed by atoms with Crippen molar-refractivity contribution in [1.82, 2.24) is 34.4 Å². The van der Waals surface area contributed by atoms with Crippen molar-refractivity contribution in [1.29, 1.82) is 0 Å². The van der Waals surface area contributed by atoms with E-state index in [1.165, 1.54) is 7.05 Å². The van der Waals surface area contributed by atoms with E-state index in [1.54, 1.807) is 48.2 Å². The Bertz CT molecular complexity index is 1120. The molecule has 4 heterocycles. The Morgan fingerprint density at radius 1 is 0.935 bits per heavy atom. The summed E-state index contributed by atoms with van der Waals surface area (Å²) in [6.07, 6.45) is 6.56. The Kier molecular flexibility index (Phi) is 9.05. The number of nitrogens with two attached hydrogens (primary N) is 1. The Labute approximate surface area is 179 Å². The van der Waals surface area contributed by atoms with Gasteiger partial charge >= 0.3 is 5.97 Å². The van der Waals surface area contributed by atoms with Crippen molar-refractivity contribution in [3.05, 3.63) is 49.3 Å². The lowest BCUT2D eigenvalue weighted by Gasteiger charge is -2.03. The van der Waals surface area contributed by atoms with E-state index in [0.29, 0.717) is 17.9 Å². The van der Waals surface area contributed by atoms with Crippen LogP contribution in [0.3, 0.4) is 0 Å². The van der Waals surface area contributed by atoms with E-state index in [0.717, 1.165) is 11.0 Å². The third kappa shape index (κ3) is 6.31. The minimum Gasteiger partial charge on any atom is -0.465 e. The number of esters is 1. The van der Waals surface area contributed by atoms with Crippen LogP contribution in [-0.4, -0.2) is 61.6 Å². The summed E-state index contributed by atoms with van der Waals surface area (Å²) in [6.45, 7) is 2.63. The first-order valence-electron chi connectivity index (χ1n) is 9.58. The Morgan fingerprint density at radius 2 is 1.45 bits per heavy atom. The molecule has 0 atom stereocenters. The molecule has 0 radical (unpaired) electrons. The standard InChI is InChI=1S/C10H11N3O2.C9H10N4O.CH5N/c1-2-15-9(14)6-13-7-12-10-8(13)4-3-5-11-10;1-10-8(14)5-13-6-12-9-7(13)3-2-4-11-9;1-2/h3-5,7H,2,6H2,1H3;2-4,6H,5H2,1H3,(H,10,14);2H2,1H3. The second kappa shape index (κ2) is 12.0. The van der Waals surface area contributed by atoms with Gasteiger partial charge in [-0.25, -0.2) is 19.9 Å². The third-order valence-electron chi connectivity index (χ3n) is 3.99. The maximum atomic E-state index is 11.3. The van der Waals surface area contributed by atoms with Gasteiger partial charge in [0.05, 0.1) is 30.3 Å². The van der Waals surface area contributed by atoms with Crippen molar-refractivity contribution in [2.24, 2.45) is 5.73 Å². The summed E-state index contributed by atoms with van der Waals surface area (Å²) >= 11 is 0. The average molecular weight is 426 g/mol. The Balaban J connectivity index is 0.000000204. The topological polar surface area (TPSA) is 143 Å². The normalized spacial score (nSPS) is 9.94. The molecule has 0 aromatic carbocycles. The number of aromatic nitrogens is 6. The molecular weight excluding hydrogens is 400 g/mol. The number of nitrogens with one attached hydrogen (secondary N) is 1. The van der Waals surface area contributed by atoms with Gasteiger partial charge in [0.2, 0.25) is 5.91 Å². The highest BCUT2D eigenvalue weighted by atomic mass is 16.5. The summed E-state index contributed by atoms with van der Waals surface area (Å²) in [7, 11) is 3.11. The number of fused-ring (bicyclic) bond motifs is 2. The van der Waals surface area contributed by atoms with Gasteiger partial charge in [0.1, 0.15) is 13.1 Å². The largest absolute Gasteiger partial charge is 0.465 e. The van der Waals surface area contributed by atoms with E-state index in [-0.39, 0.29) is 25.0 Å². The molecule has 11 nitrogen and oxygen atoms in total. The molecule has 4 aromatic heterocycles. The van der Waals surface area contributed by atoms with Crippen LogP contribution in [-0.2, 0) is 27.4 Å². The number of carbonyl (C=O) groups is 2. The van der Waals surface area contributed by atoms with Crippen LogP contribution in [0.5, 0.6) is 0 Å². The van der Waals surface area contributed by atoms with Crippen molar-refractivity contribution in [3.63, 3.8) is 0 Å². The van der Waals surface area contributed by atoms with Gasteiger partial charge in [0, 0.05) is 19.4 Å². The fourth-order valence-electron chi connectivity index (χ4n) is 2.63. The molecule has 4 rings (SSSR count). The lowest BCUT2D eigenvalue weighted by atomic mass is 10.4. The molecule has 164 valence electrons. The van der Waals surface area contributed by atoms with Crippen molar-refractivity contribution in [2.45, 2.75) is 20.0 Å². The number of hydrogen-bond donors (Lipinski definition) is 2. The minimum atomic E-state index is -0.263. The molecule has 3 N–H and O–H groups in total. The van der Waals surface area contributed by atoms with E-state index >= 15 is 0 Å². The molecule has 0 spiro atoms. The number of amides is 1. The predicted octanol–water partition coefficient (Wildman–Crippen LogP) is 0.747. The maximum Gasteiger partial charge on any atom is 0.325 e. The lowest BCUT2D eigenvalue weighted by molar-refractivity contribution is -0.143. The number of nitrogens with zero attached hydrogens (tertiary/aromatic N) is 6. The zero-order valence-corrected chi connectivity index (χ0v) is 17.7. The smallest absolute Gasteiger partial charge is 0.325 e. The number of ether oxygens (including phenoxy) is 1. The van der Waals surface area contributed by atoms with Crippen LogP contribution < -0.4 is 11.1 Å². The lowest BCUT2D eigenvalue weighted by Crippen LogP contribution is -2.22. The highest BCUT2D eigenvalue weighted by molar-refractivity contribution is 5.78. The van der Waals surface area contributed by atoms with Crippen molar-refractivity contribution in [3.8, 4) is 0 Å². The van der Waals surface area contributed by atoms with Crippen LogP contribution in [0.15, 0.2) is 49.3 Å². The number of hydrogen-bond acceptors (Lipinski definition) is 8. The van der Waals surface area contributed by atoms with E-state index in [9.17, 15) is 9.59 Å². The molecular formula is C20H26N8O3. The first-order chi connectivity index (χ1) is 15.1. The summed E-state index contributed by atoms with van der Waals surface area (Å²) in [4.78, 5) is 38.7. The van der Waals surface area contributed by atoms with Crippen molar-refractivity contribution >= 4 is 34.2 Å². The molecule has 1 amide bonds. The van der Waals surface area contributed by atoms with Gasteiger partial charge in [-0.2, -0.15) is 0 Å². The van der Waals surface area contributed by atoms with E-state index in [2.05, 4.69) is 31.0 Å². The predicted molar refractivity (Wildman–Crippen MR) is 116 cm³/mol. The summed E-state index contributed by atoms with van der Waals surface area (Å²) in [5.74, 6) is -0.311. The van der Waals surface area contributed by atoms with Gasteiger partial charge in [0.15, 0.2) is 11.3 Å². The summed E-state index contributed by atoms with van der Waals surface area (Å²) in [5.41, 5.74) is 7.51. The second-order valence-electron chi connectivity index (χ2n) is 5.92. The fourth-order valence-corrected chi connectivity index (χ4v) is 2.63. The van der Waals surface area contributed by atoms with Crippen LogP contribution in [0, 0.1) is 0 Å². The number of pyridine rings is 2. The molecule has 0 fully saturated rings. The van der Waals surface area contributed by atoms with E-state index in [1.807, 2.05) is 24.3 Å². The van der Waals surface area contributed by atoms with E-state index < -0.39 is 0 Å². The van der Waals surface area contributed by atoms with Gasteiger partial charge in [-0.3, -0.25) is 9.59 Å². The summed E-state index contributed by atoms with van der Waals surface area (Å²) in [6, 6.07) is 7.39. The Hall–Kier alpha value is -3.86. The maximum absolute atomic E-state index is 11.3. The number of rotatable bonds is 5. The van der Waals surface area contributed by atoms with Gasteiger partial charge in [-0.05, 0) is 38.2 Å². The summed E-state index contributed by atoms with van der Waals surface area (Å²) < 4.78 is 8.34. The van der Waals surface area contributed by atoms with Crippen LogP contribution in [0.2, 0.25) is 0 Å². The Morgan fingerprint density at radius 3 is 1.94 bits per heavy atom. The van der Waals surface area contributed by atoms with Gasteiger partial charge in [-0.15, -0.1) is 0 Å². The highest BCUT2D eigenvalue weighted by Crippen LogP contribution is 2.09. The van der Waals surface area contributed by atoms with Gasteiger partial charge in [0.25, 0.3) is 0 Å². The molecule has 0 unspecified atom stereocenters. The summed E-state index contributed by atoms with van der Waals surface area (Å²) in [5, 5.41) is 2.56. The minimum absolute atomic E-state index is 0.0480. The van der Waals surface area contributed by atoms with E-state index in [4.69, 9.17) is 4.74 Å². The molecule has 0 aliphatic rings. The third-order valence-corrected chi connectivity index (χ3v) is 3.99.